The maximum Gasteiger partial charge on any atom is 0.230 e. The Balaban J connectivity index is 1.89. The minimum absolute atomic E-state index is 0.0611. The number of benzene rings is 2. The number of amides is 2. The molecule has 0 aliphatic carbocycles. The summed E-state index contributed by atoms with van der Waals surface area (Å²) in [4.78, 5) is 29.6. The van der Waals surface area contributed by atoms with Crippen LogP contribution in [-0.2, 0) is 20.7 Å². The van der Waals surface area contributed by atoms with Gasteiger partial charge in [-0.25, -0.2) is 0 Å². The van der Waals surface area contributed by atoms with E-state index < -0.39 is 5.41 Å². The Labute approximate surface area is 186 Å². The second-order valence-corrected chi connectivity index (χ2v) is 8.89. The van der Waals surface area contributed by atoms with Crippen molar-refractivity contribution in [3.05, 3.63) is 59.7 Å². The van der Waals surface area contributed by atoms with Gasteiger partial charge in [0.05, 0.1) is 18.4 Å². The fraction of sp³-hybridized carbons (Fsp3) is 0.462. The van der Waals surface area contributed by atoms with Crippen LogP contribution in [0.15, 0.2) is 48.5 Å². The SMILES string of the molecule is COCCC(=O)N1CCC[C@](Cc2cccc(-c3cccc(C)c3)c2)(C(=O)N(C)C)C1. The first kappa shape index (κ1) is 23.0. The van der Waals surface area contributed by atoms with Crippen LogP contribution < -0.4 is 0 Å². The van der Waals surface area contributed by atoms with Gasteiger partial charge >= 0.3 is 0 Å². The summed E-state index contributed by atoms with van der Waals surface area (Å²) in [5, 5.41) is 0. The van der Waals surface area contributed by atoms with Gasteiger partial charge in [0, 0.05) is 34.3 Å². The third-order valence-corrected chi connectivity index (χ3v) is 6.13. The molecule has 0 unspecified atom stereocenters. The van der Waals surface area contributed by atoms with Crippen molar-refractivity contribution in [2.45, 2.75) is 32.6 Å². The highest BCUT2D eigenvalue weighted by Gasteiger charge is 2.44. The van der Waals surface area contributed by atoms with Crippen LogP contribution in [0.3, 0.4) is 0 Å². The van der Waals surface area contributed by atoms with E-state index >= 15 is 0 Å². The number of nitrogens with zero attached hydrogens (tertiary/aromatic N) is 2. The van der Waals surface area contributed by atoms with Crippen LogP contribution in [0.5, 0.6) is 0 Å². The topological polar surface area (TPSA) is 49.9 Å². The molecule has 5 heteroatoms. The van der Waals surface area contributed by atoms with Gasteiger partial charge in [-0.05, 0) is 42.9 Å². The van der Waals surface area contributed by atoms with E-state index in [0.717, 1.165) is 24.0 Å². The van der Waals surface area contributed by atoms with Gasteiger partial charge in [-0.1, -0.05) is 54.1 Å². The number of rotatable bonds is 7. The smallest absolute Gasteiger partial charge is 0.230 e. The minimum atomic E-state index is -0.601. The first-order chi connectivity index (χ1) is 14.8. The maximum atomic E-state index is 13.4. The molecule has 3 rings (SSSR count). The number of carbonyl (C=O) groups is 2. The van der Waals surface area contributed by atoms with Crippen molar-refractivity contribution >= 4 is 11.8 Å². The molecule has 0 saturated carbocycles. The number of ether oxygens (including phenoxy) is 1. The number of hydrogen-bond donors (Lipinski definition) is 0. The zero-order valence-corrected chi connectivity index (χ0v) is 19.2. The fourth-order valence-electron chi connectivity index (χ4n) is 4.64. The lowest BCUT2D eigenvalue weighted by atomic mass is 9.73. The van der Waals surface area contributed by atoms with E-state index in [1.54, 1.807) is 26.1 Å². The van der Waals surface area contributed by atoms with Crippen molar-refractivity contribution in [3.63, 3.8) is 0 Å². The van der Waals surface area contributed by atoms with Gasteiger partial charge in [0.1, 0.15) is 0 Å². The lowest BCUT2D eigenvalue weighted by Crippen LogP contribution is -2.54. The quantitative estimate of drug-likeness (QED) is 0.679. The number of piperidine rings is 1. The summed E-state index contributed by atoms with van der Waals surface area (Å²) in [6.45, 7) is 3.66. The first-order valence-electron chi connectivity index (χ1n) is 11.0. The molecule has 0 aromatic heterocycles. The van der Waals surface area contributed by atoms with E-state index in [0.29, 0.717) is 32.5 Å². The summed E-state index contributed by atoms with van der Waals surface area (Å²) in [7, 11) is 5.21. The van der Waals surface area contributed by atoms with Gasteiger partial charge in [-0.3, -0.25) is 9.59 Å². The van der Waals surface area contributed by atoms with E-state index in [1.165, 1.54) is 11.1 Å². The van der Waals surface area contributed by atoms with Gasteiger partial charge < -0.3 is 14.5 Å². The maximum absolute atomic E-state index is 13.4. The Bertz CT molecular complexity index is 924. The largest absolute Gasteiger partial charge is 0.384 e. The number of hydrogen-bond acceptors (Lipinski definition) is 3. The lowest BCUT2D eigenvalue weighted by Gasteiger charge is -2.43. The molecule has 5 nitrogen and oxygen atoms in total. The van der Waals surface area contributed by atoms with Crippen molar-refractivity contribution in [1.82, 2.24) is 9.80 Å². The standard InChI is InChI=1S/C26H34N2O3/c1-20-8-5-10-22(16-20)23-11-6-9-21(17-23)18-26(25(30)27(2)3)13-7-14-28(19-26)24(29)12-15-31-4/h5-6,8-11,16-17H,7,12-15,18-19H2,1-4H3/t26-/m1/s1. The van der Waals surface area contributed by atoms with E-state index in [1.807, 2.05) is 4.90 Å². The molecule has 0 spiro atoms. The summed E-state index contributed by atoms with van der Waals surface area (Å²) in [5.74, 6) is 0.156. The monoisotopic (exact) mass is 422 g/mol. The highest BCUT2D eigenvalue weighted by atomic mass is 16.5. The highest BCUT2D eigenvalue weighted by molar-refractivity contribution is 5.85. The molecule has 2 aromatic rings. The van der Waals surface area contributed by atoms with Crippen molar-refractivity contribution in [3.8, 4) is 11.1 Å². The summed E-state index contributed by atoms with van der Waals surface area (Å²) < 4.78 is 5.08. The Hall–Kier alpha value is -2.66. The Morgan fingerprint density at radius 2 is 1.81 bits per heavy atom. The molecule has 2 amide bonds. The second-order valence-electron chi connectivity index (χ2n) is 8.89. The Morgan fingerprint density at radius 3 is 2.48 bits per heavy atom. The van der Waals surface area contributed by atoms with Gasteiger partial charge in [-0.15, -0.1) is 0 Å². The molecule has 1 heterocycles. The third kappa shape index (κ3) is 5.53. The van der Waals surface area contributed by atoms with Gasteiger partial charge in [-0.2, -0.15) is 0 Å². The molecule has 1 aliphatic rings. The average molecular weight is 423 g/mol. The summed E-state index contributed by atoms with van der Waals surface area (Å²) >= 11 is 0. The predicted octanol–water partition coefficient (Wildman–Crippen LogP) is 3.94. The molecule has 1 aliphatic heterocycles. The van der Waals surface area contributed by atoms with Crippen LogP contribution in [-0.4, -0.2) is 62.5 Å². The van der Waals surface area contributed by atoms with Crippen molar-refractivity contribution in [2.75, 3.05) is 40.9 Å². The van der Waals surface area contributed by atoms with Crippen LogP contribution in [0.4, 0.5) is 0 Å². The fourth-order valence-corrected chi connectivity index (χ4v) is 4.64. The molecule has 0 radical (unpaired) electrons. The van der Waals surface area contributed by atoms with Crippen LogP contribution in [0.1, 0.15) is 30.4 Å². The van der Waals surface area contributed by atoms with Gasteiger partial charge in [0.25, 0.3) is 0 Å². The molecular weight excluding hydrogens is 388 g/mol. The number of methoxy groups -OCH3 is 1. The zero-order chi connectivity index (χ0) is 22.4. The molecule has 1 saturated heterocycles. The molecule has 166 valence electrons. The Morgan fingerprint density at radius 1 is 1.10 bits per heavy atom. The van der Waals surface area contributed by atoms with Crippen LogP contribution in [0.2, 0.25) is 0 Å². The van der Waals surface area contributed by atoms with Gasteiger partial charge in [0.15, 0.2) is 0 Å². The second kappa shape index (κ2) is 10.1. The predicted molar refractivity (Wildman–Crippen MR) is 124 cm³/mol. The minimum Gasteiger partial charge on any atom is -0.384 e. The van der Waals surface area contributed by atoms with Gasteiger partial charge in [0.2, 0.25) is 11.8 Å². The molecule has 0 bridgehead atoms. The van der Waals surface area contributed by atoms with Crippen LogP contribution in [0.25, 0.3) is 11.1 Å². The summed E-state index contributed by atoms with van der Waals surface area (Å²) in [6, 6.07) is 16.9. The van der Waals surface area contributed by atoms with E-state index in [-0.39, 0.29) is 11.8 Å². The molecule has 31 heavy (non-hydrogen) atoms. The van der Waals surface area contributed by atoms with Crippen LogP contribution in [0, 0.1) is 12.3 Å². The number of likely N-dealkylation sites (tertiary alicyclic amines) is 1. The highest BCUT2D eigenvalue weighted by Crippen LogP contribution is 2.36. The molecule has 2 aromatic carbocycles. The van der Waals surface area contributed by atoms with E-state index in [2.05, 4.69) is 55.5 Å². The molecule has 1 atom stereocenters. The van der Waals surface area contributed by atoms with Crippen LogP contribution >= 0.6 is 0 Å². The van der Waals surface area contributed by atoms with Crippen molar-refractivity contribution < 1.29 is 14.3 Å². The number of carbonyl (C=O) groups excluding carboxylic acids is 2. The van der Waals surface area contributed by atoms with E-state index in [4.69, 9.17) is 4.74 Å². The van der Waals surface area contributed by atoms with E-state index in [9.17, 15) is 9.59 Å². The van der Waals surface area contributed by atoms with Crippen molar-refractivity contribution in [2.24, 2.45) is 5.41 Å². The molecule has 1 fully saturated rings. The first-order valence-corrected chi connectivity index (χ1v) is 11.0. The summed E-state index contributed by atoms with van der Waals surface area (Å²) in [6.07, 6.45) is 2.59. The normalized spacial score (nSPS) is 18.6. The zero-order valence-electron chi connectivity index (χ0n) is 19.2. The molecule has 0 N–H and O–H groups in total. The van der Waals surface area contributed by atoms with Crippen molar-refractivity contribution in [1.29, 1.82) is 0 Å². The lowest BCUT2D eigenvalue weighted by molar-refractivity contribution is -0.147. The number of aryl methyl sites for hydroxylation is 1. The average Bonchev–Trinajstić information content (AvgIpc) is 2.77. The Kier molecular flexibility index (Phi) is 7.50. The molecular formula is C26H34N2O3. The summed E-state index contributed by atoms with van der Waals surface area (Å²) in [5.41, 5.74) is 4.07. The third-order valence-electron chi connectivity index (χ3n) is 6.13.